The first-order valence-electron chi connectivity index (χ1n) is 8.69. The van der Waals surface area contributed by atoms with Crippen molar-refractivity contribution in [3.8, 4) is 11.6 Å². The highest BCUT2D eigenvalue weighted by molar-refractivity contribution is 7.99. The van der Waals surface area contributed by atoms with E-state index in [1.165, 1.54) is 30.0 Å². The minimum absolute atomic E-state index is 0.00890. The van der Waals surface area contributed by atoms with Gasteiger partial charge in [0.1, 0.15) is 5.02 Å². The van der Waals surface area contributed by atoms with E-state index < -0.39 is 4.92 Å². The highest BCUT2D eigenvalue weighted by Gasteiger charge is 2.19. The van der Waals surface area contributed by atoms with Gasteiger partial charge in [0.05, 0.1) is 16.9 Å². The van der Waals surface area contributed by atoms with Gasteiger partial charge in [0.25, 0.3) is 5.69 Å². The van der Waals surface area contributed by atoms with Crippen LogP contribution in [0.3, 0.4) is 0 Å². The fourth-order valence-corrected chi connectivity index (χ4v) is 3.51. The fourth-order valence-electron chi connectivity index (χ4n) is 2.57. The van der Waals surface area contributed by atoms with Crippen LogP contribution in [0.15, 0.2) is 46.2 Å². The molecule has 0 radical (unpaired) electrons. The summed E-state index contributed by atoms with van der Waals surface area (Å²) in [6.45, 7) is 4.80. The molecule has 3 rings (SSSR count). The molecule has 1 aromatic carbocycles. The predicted molar refractivity (Wildman–Crippen MR) is 110 cm³/mol. The zero-order valence-electron chi connectivity index (χ0n) is 15.7. The number of amides is 1. The summed E-state index contributed by atoms with van der Waals surface area (Å²) in [4.78, 5) is 22.7. The number of nitrogens with zero attached hydrogens (tertiary/aromatic N) is 4. The van der Waals surface area contributed by atoms with Crippen molar-refractivity contribution < 1.29 is 14.1 Å². The largest absolute Gasteiger partial charge is 0.461 e. The molecule has 0 aliphatic carbocycles. The minimum atomic E-state index is -0.600. The molecule has 9 nitrogen and oxygen atoms in total. The number of thioether (sulfide) groups is 1. The van der Waals surface area contributed by atoms with Crippen LogP contribution < -0.4 is 5.32 Å². The summed E-state index contributed by atoms with van der Waals surface area (Å²) in [6.07, 6.45) is 1.56. The number of furan rings is 1. The van der Waals surface area contributed by atoms with Crippen LogP contribution in [0.5, 0.6) is 0 Å². The van der Waals surface area contributed by atoms with Crippen LogP contribution in [0.2, 0.25) is 5.02 Å². The normalized spacial score (nSPS) is 11.0. The maximum atomic E-state index is 12.3. The van der Waals surface area contributed by atoms with Gasteiger partial charge in [-0.3, -0.25) is 19.5 Å². The van der Waals surface area contributed by atoms with Gasteiger partial charge in [-0.15, -0.1) is 10.2 Å². The molecule has 1 N–H and O–H groups in total. The number of rotatable bonds is 8. The molecular weight excluding hydrogens is 418 g/mol. The number of nitrogens with one attached hydrogen (secondary N) is 1. The van der Waals surface area contributed by atoms with Gasteiger partial charge >= 0.3 is 0 Å². The Hall–Kier alpha value is -2.85. The van der Waals surface area contributed by atoms with Crippen molar-refractivity contribution in [1.29, 1.82) is 0 Å². The van der Waals surface area contributed by atoms with Gasteiger partial charge in [0.2, 0.25) is 5.91 Å². The van der Waals surface area contributed by atoms with Crippen molar-refractivity contribution >= 4 is 40.6 Å². The van der Waals surface area contributed by atoms with Crippen molar-refractivity contribution in [2.24, 2.45) is 5.92 Å². The number of aromatic nitrogens is 3. The lowest BCUT2D eigenvalue weighted by Crippen LogP contribution is -2.15. The van der Waals surface area contributed by atoms with Crippen molar-refractivity contribution in [2.75, 3.05) is 11.1 Å². The van der Waals surface area contributed by atoms with Crippen molar-refractivity contribution in [3.63, 3.8) is 0 Å². The molecule has 0 saturated heterocycles. The van der Waals surface area contributed by atoms with E-state index >= 15 is 0 Å². The highest BCUT2D eigenvalue weighted by Crippen LogP contribution is 2.28. The number of carbonyl (C=O) groups excluding carboxylic acids is 1. The van der Waals surface area contributed by atoms with E-state index in [-0.39, 0.29) is 22.4 Å². The molecule has 0 bridgehead atoms. The van der Waals surface area contributed by atoms with Crippen molar-refractivity contribution in [3.05, 3.63) is 51.7 Å². The third-order valence-corrected chi connectivity index (χ3v) is 5.05. The van der Waals surface area contributed by atoms with Crippen LogP contribution >= 0.6 is 23.4 Å². The molecule has 11 heteroatoms. The van der Waals surface area contributed by atoms with Crippen LogP contribution in [-0.4, -0.2) is 31.3 Å². The lowest BCUT2D eigenvalue weighted by atomic mass is 10.2. The number of benzene rings is 1. The zero-order chi connectivity index (χ0) is 21.0. The summed E-state index contributed by atoms with van der Waals surface area (Å²) in [5.41, 5.74) is 0.0310. The van der Waals surface area contributed by atoms with E-state index in [1.807, 2.05) is 4.57 Å². The van der Waals surface area contributed by atoms with E-state index in [2.05, 4.69) is 29.4 Å². The van der Waals surface area contributed by atoms with E-state index in [0.717, 1.165) is 0 Å². The SMILES string of the molecule is CC(C)Cn1c(SCC(=O)Nc2ccc(Cl)c([N+](=O)[O-])c2)nnc1-c1ccco1. The molecule has 3 aromatic rings. The number of nitro groups is 1. The molecule has 0 unspecified atom stereocenters. The molecule has 152 valence electrons. The fraction of sp³-hybridized carbons (Fsp3) is 0.278. The molecule has 0 atom stereocenters. The Kier molecular flexibility index (Phi) is 6.55. The molecule has 29 heavy (non-hydrogen) atoms. The average molecular weight is 436 g/mol. The Morgan fingerprint density at radius 2 is 2.17 bits per heavy atom. The quantitative estimate of drug-likeness (QED) is 0.315. The van der Waals surface area contributed by atoms with Gasteiger partial charge in [0, 0.05) is 18.3 Å². The van der Waals surface area contributed by atoms with E-state index in [1.54, 1.807) is 18.4 Å². The van der Waals surface area contributed by atoms with E-state index in [9.17, 15) is 14.9 Å². The van der Waals surface area contributed by atoms with Gasteiger partial charge in [-0.05, 0) is 30.2 Å². The number of hydrogen-bond acceptors (Lipinski definition) is 7. The van der Waals surface area contributed by atoms with Gasteiger partial charge in [0.15, 0.2) is 16.7 Å². The molecule has 2 heterocycles. The van der Waals surface area contributed by atoms with Gasteiger partial charge in [-0.2, -0.15) is 0 Å². The molecular formula is C18H18ClN5O4S. The molecule has 0 fully saturated rings. The maximum absolute atomic E-state index is 12.3. The Morgan fingerprint density at radius 3 is 2.83 bits per heavy atom. The number of halogens is 1. The third-order valence-electron chi connectivity index (χ3n) is 3.77. The first kappa shape index (κ1) is 20.9. The van der Waals surface area contributed by atoms with Crippen LogP contribution in [0.1, 0.15) is 13.8 Å². The Balaban J connectivity index is 1.70. The summed E-state index contributed by atoms with van der Waals surface area (Å²) in [7, 11) is 0. The lowest BCUT2D eigenvalue weighted by Gasteiger charge is -2.11. The maximum Gasteiger partial charge on any atom is 0.289 e. The lowest BCUT2D eigenvalue weighted by molar-refractivity contribution is -0.384. The third kappa shape index (κ3) is 5.15. The molecule has 0 aliphatic rings. The second-order valence-electron chi connectivity index (χ2n) is 6.55. The molecule has 0 aliphatic heterocycles. The number of anilines is 1. The number of carbonyl (C=O) groups is 1. The second-order valence-corrected chi connectivity index (χ2v) is 7.90. The molecule has 2 aromatic heterocycles. The zero-order valence-corrected chi connectivity index (χ0v) is 17.2. The van der Waals surface area contributed by atoms with Crippen molar-refractivity contribution in [2.45, 2.75) is 25.5 Å². The summed E-state index contributed by atoms with van der Waals surface area (Å²) >= 11 is 7.01. The molecule has 0 saturated carbocycles. The van der Waals surface area contributed by atoms with Crippen LogP contribution in [-0.2, 0) is 11.3 Å². The monoisotopic (exact) mass is 435 g/mol. The van der Waals surface area contributed by atoms with Crippen LogP contribution in [0.4, 0.5) is 11.4 Å². The topological polar surface area (TPSA) is 116 Å². The summed E-state index contributed by atoms with van der Waals surface area (Å²) in [5.74, 6) is 1.26. The summed E-state index contributed by atoms with van der Waals surface area (Å²) in [5, 5.41) is 22.6. The standard InChI is InChI=1S/C18H18ClN5O4S/c1-11(2)9-23-17(15-4-3-7-28-15)21-22-18(23)29-10-16(25)20-12-5-6-13(19)14(8-12)24(26)27/h3-8,11H,9-10H2,1-2H3,(H,20,25). The Bertz CT molecular complexity index is 1020. The number of nitro benzene ring substituents is 1. The minimum Gasteiger partial charge on any atom is -0.461 e. The first-order valence-corrected chi connectivity index (χ1v) is 10.0. The average Bonchev–Trinajstić information content (AvgIpc) is 3.31. The predicted octanol–water partition coefficient (Wildman–Crippen LogP) is 4.49. The summed E-state index contributed by atoms with van der Waals surface area (Å²) in [6, 6.07) is 7.68. The first-order chi connectivity index (χ1) is 13.8. The van der Waals surface area contributed by atoms with Crippen LogP contribution in [0.25, 0.3) is 11.6 Å². The Morgan fingerprint density at radius 1 is 1.38 bits per heavy atom. The smallest absolute Gasteiger partial charge is 0.289 e. The molecule has 1 amide bonds. The molecule has 0 spiro atoms. The van der Waals surface area contributed by atoms with Gasteiger partial charge in [-0.1, -0.05) is 37.2 Å². The van der Waals surface area contributed by atoms with Gasteiger partial charge in [-0.25, -0.2) is 0 Å². The van der Waals surface area contributed by atoms with E-state index in [4.69, 9.17) is 16.0 Å². The van der Waals surface area contributed by atoms with Crippen molar-refractivity contribution in [1.82, 2.24) is 14.8 Å². The van der Waals surface area contributed by atoms with Crippen LogP contribution in [0, 0.1) is 16.0 Å². The second kappa shape index (κ2) is 9.10. The van der Waals surface area contributed by atoms with Gasteiger partial charge < -0.3 is 9.73 Å². The Labute approximate surface area is 175 Å². The highest BCUT2D eigenvalue weighted by atomic mass is 35.5. The summed E-state index contributed by atoms with van der Waals surface area (Å²) < 4.78 is 7.33. The number of hydrogen-bond donors (Lipinski definition) is 1. The van der Waals surface area contributed by atoms with E-state index in [0.29, 0.717) is 34.9 Å².